The number of nitrogens with two attached hydrogens (primary N) is 1. The molecule has 102 valence electrons. The first-order valence-corrected chi connectivity index (χ1v) is 6.67. The third kappa shape index (κ3) is 1.92. The molecule has 2 N–H and O–H groups in total. The van der Waals surface area contributed by atoms with Gasteiger partial charge in [0.25, 0.3) is 0 Å². The van der Waals surface area contributed by atoms with E-state index in [4.69, 9.17) is 10.5 Å². The zero-order valence-electron chi connectivity index (χ0n) is 10.6. The Kier molecular flexibility index (Phi) is 3.10. The Hall–Kier alpha value is -2.08. The monoisotopic (exact) mass is 335 g/mol. The van der Waals surface area contributed by atoms with Gasteiger partial charge in [0.2, 0.25) is 5.95 Å². The molecule has 0 saturated carbocycles. The van der Waals surface area contributed by atoms with E-state index in [9.17, 15) is 4.39 Å². The summed E-state index contributed by atoms with van der Waals surface area (Å²) < 4.78 is 21.4. The number of para-hydroxylation sites is 1. The van der Waals surface area contributed by atoms with E-state index < -0.39 is 0 Å². The number of methoxy groups -OCH3 is 1. The number of rotatable bonds is 2. The smallest absolute Gasteiger partial charge is 0.206 e. The summed E-state index contributed by atoms with van der Waals surface area (Å²) in [4.78, 5) is 4.08. The summed E-state index contributed by atoms with van der Waals surface area (Å²) >= 11 is 3.42. The SMILES string of the molecule is COc1ccc(-n2c(N)nc3c(F)cccc32)cc1Br. The minimum Gasteiger partial charge on any atom is -0.496 e. The molecule has 0 atom stereocenters. The summed E-state index contributed by atoms with van der Waals surface area (Å²) in [7, 11) is 1.59. The first kappa shape index (κ1) is 12.9. The number of halogens is 2. The van der Waals surface area contributed by atoms with Gasteiger partial charge in [0.1, 0.15) is 11.3 Å². The van der Waals surface area contributed by atoms with E-state index in [0.29, 0.717) is 11.3 Å². The normalized spacial score (nSPS) is 10.9. The van der Waals surface area contributed by atoms with Crippen molar-refractivity contribution in [2.45, 2.75) is 0 Å². The Morgan fingerprint density at radius 1 is 1.30 bits per heavy atom. The predicted molar refractivity (Wildman–Crippen MR) is 79.7 cm³/mol. The number of nitrogen functional groups attached to an aromatic ring is 1. The number of aromatic nitrogens is 2. The molecule has 2 aromatic carbocycles. The van der Waals surface area contributed by atoms with Crippen LogP contribution in [0.5, 0.6) is 5.75 Å². The number of benzene rings is 2. The van der Waals surface area contributed by atoms with E-state index in [0.717, 1.165) is 10.2 Å². The summed E-state index contributed by atoms with van der Waals surface area (Å²) in [5.74, 6) is 0.561. The third-order valence-corrected chi connectivity index (χ3v) is 3.68. The number of ether oxygens (including phenoxy) is 1. The van der Waals surface area contributed by atoms with E-state index >= 15 is 0 Å². The van der Waals surface area contributed by atoms with Crippen molar-refractivity contribution < 1.29 is 9.13 Å². The Morgan fingerprint density at radius 3 is 2.80 bits per heavy atom. The van der Waals surface area contributed by atoms with Gasteiger partial charge in [0.15, 0.2) is 5.82 Å². The molecule has 3 aromatic rings. The molecule has 0 aliphatic heterocycles. The largest absolute Gasteiger partial charge is 0.496 e. The predicted octanol–water partition coefficient (Wildman–Crippen LogP) is 3.52. The van der Waals surface area contributed by atoms with Gasteiger partial charge in [-0.3, -0.25) is 4.57 Å². The summed E-state index contributed by atoms with van der Waals surface area (Å²) in [6.45, 7) is 0. The maximum absolute atomic E-state index is 13.7. The lowest BCUT2D eigenvalue weighted by atomic mass is 10.2. The highest BCUT2D eigenvalue weighted by Crippen LogP contribution is 2.30. The number of anilines is 1. The molecule has 1 heterocycles. The second-order valence-electron chi connectivity index (χ2n) is 4.23. The number of hydrogen-bond donors (Lipinski definition) is 1. The summed E-state index contributed by atoms with van der Waals surface area (Å²) in [6, 6.07) is 10.3. The van der Waals surface area contributed by atoms with Crippen molar-refractivity contribution in [1.82, 2.24) is 9.55 Å². The molecule has 1 aromatic heterocycles. The number of imidazole rings is 1. The van der Waals surface area contributed by atoms with E-state index in [1.165, 1.54) is 6.07 Å². The van der Waals surface area contributed by atoms with Crippen molar-refractivity contribution in [2.24, 2.45) is 0 Å². The summed E-state index contributed by atoms with van der Waals surface area (Å²) in [5.41, 5.74) is 7.58. The lowest BCUT2D eigenvalue weighted by molar-refractivity contribution is 0.412. The Labute approximate surface area is 123 Å². The molecular formula is C14H11BrFN3O. The highest BCUT2D eigenvalue weighted by Gasteiger charge is 2.13. The van der Waals surface area contributed by atoms with Gasteiger partial charge < -0.3 is 10.5 Å². The van der Waals surface area contributed by atoms with Crippen LogP contribution in [0.15, 0.2) is 40.9 Å². The van der Waals surface area contributed by atoms with Crippen molar-refractivity contribution in [1.29, 1.82) is 0 Å². The first-order chi connectivity index (χ1) is 9.61. The number of hydrogen-bond acceptors (Lipinski definition) is 3. The molecule has 0 amide bonds. The molecule has 4 nitrogen and oxygen atoms in total. The summed E-state index contributed by atoms with van der Waals surface area (Å²) in [5, 5.41) is 0. The zero-order chi connectivity index (χ0) is 14.3. The van der Waals surface area contributed by atoms with Gasteiger partial charge in [-0.1, -0.05) is 6.07 Å². The third-order valence-electron chi connectivity index (χ3n) is 3.06. The molecule has 3 rings (SSSR count). The van der Waals surface area contributed by atoms with E-state index in [2.05, 4.69) is 20.9 Å². The van der Waals surface area contributed by atoms with Gasteiger partial charge in [0.05, 0.1) is 22.8 Å². The molecule has 0 spiro atoms. The molecule has 0 fully saturated rings. The van der Waals surface area contributed by atoms with Gasteiger partial charge >= 0.3 is 0 Å². The lowest BCUT2D eigenvalue weighted by Gasteiger charge is -2.09. The fourth-order valence-corrected chi connectivity index (χ4v) is 2.68. The van der Waals surface area contributed by atoms with Gasteiger partial charge in [-0.05, 0) is 46.3 Å². The fourth-order valence-electron chi connectivity index (χ4n) is 2.15. The van der Waals surface area contributed by atoms with Crippen LogP contribution >= 0.6 is 15.9 Å². The zero-order valence-corrected chi connectivity index (χ0v) is 12.2. The standard InChI is InChI=1S/C14H11BrFN3O/c1-20-12-6-5-8(7-9(12)15)19-11-4-2-3-10(16)13(11)18-14(19)17/h2-7H,1H3,(H2,17,18). The average molecular weight is 336 g/mol. The quantitative estimate of drug-likeness (QED) is 0.779. The lowest BCUT2D eigenvalue weighted by Crippen LogP contribution is -2.00. The molecule has 6 heteroatoms. The molecule has 0 radical (unpaired) electrons. The highest BCUT2D eigenvalue weighted by atomic mass is 79.9. The topological polar surface area (TPSA) is 53.1 Å². The Bertz CT molecular complexity index is 800. The van der Waals surface area contributed by atoms with Crippen molar-refractivity contribution in [2.75, 3.05) is 12.8 Å². The van der Waals surface area contributed by atoms with E-state index in [1.807, 2.05) is 18.2 Å². The second-order valence-corrected chi connectivity index (χ2v) is 5.09. The minimum atomic E-state index is -0.388. The maximum Gasteiger partial charge on any atom is 0.206 e. The van der Waals surface area contributed by atoms with Crippen LogP contribution in [0.1, 0.15) is 0 Å². The molecule has 20 heavy (non-hydrogen) atoms. The molecule has 0 unspecified atom stereocenters. The van der Waals surface area contributed by atoms with Crippen LogP contribution in [0.25, 0.3) is 16.7 Å². The van der Waals surface area contributed by atoms with Gasteiger partial charge in [-0.15, -0.1) is 0 Å². The van der Waals surface area contributed by atoms with Crippen molar-refractivity contribution in [3.8, 4) is 11.4 Å². The second kappa shape index (κ2) is 4.79. The van der Waals surface area contributed by atoms with Crippen LogP contribution < -0.4 is 10.5 Å². The van der Waals surface area contributed by atoms with Crippen molar-refractivity contribution in [3.05, 3.63) is 46.7 Å². The van der Waals surface area contributed by atoms with Gasteiger partial charge in [0, 0.05) is 0 Å². The number of fused-ring (bicyclic) bond motifs is 1. The molecule has 0 bridgehead atoms. The molecular weight excluding hydrogens is 325 g/mol. The van der Waals surface area contributed by atoms with Crippen LogP contribution in [0.4, 0.5) is 10.3 Å². The van der Waals surface area contributed by atoms with Crippen LogP contribution in [0.2, 0.25) is 0 Å². The fraction of sp³-hybridized carbons (Fsp3) is 0.0714. The Balaban J connectivity index is 2.27. The van der Waals surface area contributed by atoms with Crippen LogP contribution in [0, 0.1) is 5.82 Å². The molecule has 0 saturated heterocycles. The van der Waals surface area contributed by atoms with Crippen molar-refractivity contribution in [3.63, 3.8) is 0 Å². The van der Waals surface area contributed by atoms with Crippen LogP contribution in [-0.4, -0.2) is 16.7 Å². The van der Waals surface area contributed by atoms with Crippen molar-refractivity contribution >= 4 is 32.9 Å². The maximum atomic E-state index is 13.7. The first-order valence-electron chi connectivity index (χ1n) is 5.88. The van der Waals surface area contributed by atoms with Gasteiger partial charge in [-0.2, -0.15) is 0 Å². The van der Waals surface area contributed by atoms with Crippen LogP contribution in [0.3, 0.4) is 0 Å². The van der Waals surface area contributed by atoms with Gasteiger partial charge in [-0.25, -0.2) is 9.37 Å². The van der Waals surface area contributed by atoms with E-state index in [-0.39, 0.29) is 17.3 Å². The van der Waals surface area contributed by atoms with E-state index in [1.54, 1.807) is 23.8 Å². The molecule has 0 aliphatic rings. The summed E-state index contributed by atoms with van der Waals surface area (Å²) in [6.07, 6.45) is 0. The highest BCUT2D eigenvalue weighted by molar-refractivity contribution is 9.10. The minimum absolute atomic E-state index is 0.238. The van der Waals surface area contributed by atoms with Crippen LogP contribution in [-0.2, 0) is 0 Å². The molecule has 0 aliphatic carbocycles. The average Bonchev–Trinajstić information content (AvgIpc) is 2.76. The number of nitrogens with zero attached hydrogens (tertiary/aromatic N) is 2. The Morgan fingerprint density at radius 2 is 2.10 bits per heavy atom.